The van der Waals surface area contributed by atoms with E-state index in [1.807, 2.05) is 0 Å². The Bertz CT molecular complexity index is 607. The monoisotopic (exact) mass is 309 g/mol. The van der Waals surface area contributed by atoms with Gasteiger partial charge in [-0.15, -0.1) is 0 Å². The first-order chi connectivity index (χ1) is 7.02. The van der Waals surface area contributed by atoms with Crippen molar-refractivity contribution in [1.82, 2.24) is 4.98 Å². The van der Waals surface area contributed by atoms with Crippen molar-refractivity contribution in [2.75, 3.05) is 0 Å². The Hall–Kier alpha value is -0.590. The predicted molar refractivity (Wildman–Crippen MR) is 59.7 cm³/mol. The molecule has 0 unspecified atom stereocenters. The zero-order chi connectivity index (χ0) is 11.1. The molecule has 80 valence electrons. The van der Waals surface area contributed by atoms with Crippen LogP contribution >= 0.6 is 26.6 Å². The van der Waals surface area contributed by atoms with Crippen LogP contribution in [0.15, 0.2) is 27.5 Å². The highest BCUT2D eigenvalue weighted by atomic mass is 79.9. The highest BCUT2D eigenvalue weighted by molar-refractivity contribution is 9.08. The van der Waals surface area contributed by atoms with Crippen LogP contribution in [0.4, 0.5) is 0 Å². The first-order valence-electron chi connectivity index (χ1n) is 3.91. The molecule has 7 heteroatoms. The fourth-order valence-corrected chi connectivity index (χ4v) is 2.43. The van der Waals surface area contributed by atoms with Gasteiger partial charge in [0.05, 0.1) is 5.33 Å². The van der Waals surface area contributed by atoms with Gasteiger partial charge >= 0.3 is 0 Å². The summed E-state index contributed by atoms with van der Waals surface area (Å²) in [7, 11) is 1.46. The second-order valence-electron chi connectivity index (χ2n) is 2.78. The number of fused-ring (bicyclic) bond motifs is 1. The lowest BCUT2D eigenvalue weighted by Gasteiger charge is -1.94. The summed E-state index contributed by atoms with van der Waals surface area (Å²) in [6.45, 7) is 0. The molecule has 0 fully saturated rings. The van der Waals surface area contributed by atoms with Gasteiger partial charge in [-0.25, -0.2) is 13.4 Å². The molecule has 0 bridgehead atoms. The number of oxazole rings is 1. The largest absolute Gasteiger partial charge is 0.438 e. The Morgan fingerprint density at radius 3 is 2.80 bits per heavy atom. The summed E-state index contributed by atoms with van der Waals surface area (Å²) >= 11 is 3.17. The van der Waals surface area contributed by atoms with Crippen LogP contribution < -0.4 is 0 Å². The van der Waals surface area contributed by atoms with E-state index in [-0.39, 0.29) is 10.5 Å². The topological polar surface area (TPSA) is 60.2 Å². The van der Waals surface area contributed by atoms with E-state index in [1.54, 1.807) is 12.1 Å². The van der Waals surface area contributed by atoms with Gasteiger partial charge < -0.3 is 4.42 Å². The lowest BCUT2D eigenvalue weighted by molar-refractivity contribution is 0.549. The van der Waals surface area contributed by atoms with E-state index in [4.69, 9.17) is 15.1 Å². The molecular weight excluding hydrogens is 306 g/mol. The lowest BCUT2D eigenvalue weighted by atomic mass is 10.3. The van der Waals surface area contributed by atoms with Crippen molar-refractivity contribution in [3.63, 3.8) is 0 Å². The van der Waals surface area contributed by atoms with Crippen molar-refractivity contribution in [3.8, 4) is 0 Å². The third-order valence-electron chi connectivity index (χ3n) is 1.80. The predicted octanol–water partition coefficient (Wildman–Crippen LogP) is 2.65. The number of benzene rings is 1. The summed E-state index contributed by atoms with van der Waals surface area (Å²) < 4.78 is 27.7. The number of halogens is 2. The Morgan fingerprint density at radius 1 is 1.47 bits per heavy atom. The molecule has 0 saturated carbocycles. The van der Waals surface area contributed by atoms with Crippen molar-refractivity contribution in [3.05, 3.63) is 24.1 Å². The third-order valence-corrected chi connectivity index (χ3v) is 3.63. The molecule has 0 aliphatic carbocycles. The summed E-state index contributed by atoms with van der Waals surface area (Å²) in [4.78, 5) is 4.01. The number of aromatic nitrogens is 1. The van der Waals surface area contributed by atoms with E-state index in [0.717, 1.165) is 0 Å². The van der Waals surface area contributed by atoms with E-state index in [0.29, 0.717) is 16.7 Å². The molecule has 0 N–H and O–H groups in total. The molecule has 0 atom stereocenters. The van der Waals surface area contributed by atoms with Gasteiger partial charge in [0.1, 0.15) is 10.4 Å². The Kier molecular flexibility index (Phi) is 2.74. The molecule has 0 radical (unpaired) electrons. The zero-order valence-corrected chi connectivity index (χ0v) is 10.4. The average molecular weight is 311 g/mol. The van der Waals surface area contributed by atoms with Gasteiger partial charge in [-0.1, -0.05) is 22.0 Å². The zero-order valence-electron chi connectivity index (χ0n) is 7.28. The summed E-state index contributed by atoms with van der Waals surface area (Å²) in [6, 6.07) is 4.61. The summed E-state index contributed by atoms with van der Waals surface area (Å²) in [6.07, 6.45) is 0. The maximum atomic E-state index is 11.2. The number of hydrogen-bond donors (Lipinski definition) is 0. The molecule has 0 aliphatic heterocycles. The van der Waals surface area contributed by atoms with Crippen LogP contribution in [0.2, 0.25) is 0 Å². The number of para-hydroxylation sites is 1. The minimum Gasteiger partial charge on any atom is -0.438 e. The molecule has 4 nitrogen and oxygen atoms in total. The van der Waals surface area contributed by atoms with Crippen molar-refractivity contribution >= 4 is 46.8 Å². The van der Waals surface area contributed by atoms with Crippen LogP contribution in [0.25, 0.3) is 11.1 Å². The molecule has 1 heterocycles. The van der Waals surface area contributed by atoms with Gasteiger partial charge in [-0.2, -0.15) is 0 Å². The second-order valence-corrected chi connectivity index (χ2v) is 5.88. The minimum atomic E-state index is -3.80. The van der Waals surface area contributed by atoms with Crippen LogP contribution in [-0.4, -0.2) is 13.4 Å². The lowest BCUT2D eigenvalue weighted by Crippen LogP contribution is -1.90. The minimum absolute atomic E-state index is 0.0543. The summed E-state index contributed by atoms with van der Waals surface area (Å²) in [5.74, 6) is 0.415. The highest BCUT2D eigenvalue weighted by Crippen LogP contribution is 2.26. The second kappa shape index (κ2) is 3.77. The summed E-state index contributed by atoms with van der Waals surface area (Å²) in [5.41, 5.74) is 0.674. The molecule has 15 heavy (non-hydrogen) atoms. The van der Waals surface area contributed by atoms with E-state index in [9.17, 15) is 8.42 Å². The first kappa shape index (κ1) is 10.9. The van der Waals surface area contributed by atoms with E-state index in [2.05, 4.69) is 20.9 Å². The maximum Gasteiger partial charge on any atom is 0.265 e. The van der Waals surface area contributed by atoms with Crippen molar-refractivity contribution in [1.29, 1.82) is 0 Å². The van der Waals surface area contributed by atoms with Crippen LogP contribution in [0.3, 0.4) is 0 Å². The molecule has 1 aromatic heterocycles. The van der Waals surface area contributed by atoms with Crippen molar-refractivity contribution < 1.29 is 12.8 Å². The molecule has 2 aromatic rings. The number of nitrogens with zero attached hydrogens (tertiary/aromatic N) is 1. The van der Waals surface area contributed by atoms with Crippen LogP contribution in [-0.2, 0) is 14.4 Å². The van der Waals surface area contributed by atoms with Gasteiger partial charge in [0.15, 0.2) is 5.58 Å². The van der Waals surface area contributed by atoms with E-state index < -0.39 is 9.05 Å². The first-order valence-corrected chi connectivity index (χ1v) is 7.34. The van der Waals surface area contributed by atoms with E-state index >= 15 is 0 Å². The SMILES string of the molecule is O=S(=O)(Cl)c1cccc2nc(CBr)oc12. The number of rotatable bonds is 2. The standard InChI is InChI=1S/C8H5BrClNO3S/c9-4-7-11-5-2-1-3-6(8(5)14-7)15(10,12)13/h1-3H,4H2. The van der Waals surface area contributed by atoms with Crippen LogP contribution in [0.5, 0.6) is 0 Å². The molecule has 1 aromatic carbocycles. The van der Waals surface area contributed by atoms with Gasteiger partial charge in [0.25, 0.3) is 9.05 Å². The van der Waals surface area contributed by atoms with Gasteiger partial charge in [0.2, 0.25) is 5.89 Å². The smallest absolute Gasteiger partial charge is 0.265 e. The normalized spacial score (nSPS) is 12.1. The molecule has 0 aliphatic rings. The number of hydrogen-bond acceptors (Lipinski definition) is 4. The quantitative estimate of drug-likeness (QED) is 0.632. The highest BCUT2D eigenvalue weighted by Gasteiger charge is 2.18. The fourth-order valence-electron chi connectivity index (χ4n) is 1.22. The van der Waals surface area contributed by atoms with Gasteiger partial charge in [-0.05, 0) is 12.1 Å². The van der Waals surface area contributed by atoms with Crippen molar-refractivity contribution in [2.45, 2.75) is 10.2 Å². The van der Waals surface area contributed by atoms with Crippen molar-refractivity contribution in [2.24, 2.45) is 0 Å². The number of alkyl halides is 1. The third kappa shape index (κ3) is 2.02. The van der Waals surface area contributed by atoms with Gasteiger partial charge in [0, 0.05) is 10.7 Å². The molecule has 0 spiro atoms. The molecule has 0 saturated heterocycles. The average Bonchev–Trinajstić information content (AvgIpc) is 2.57. The van der Waals surface area contributed by atoms with Crippen LogP contribution in [0, 0.1) is 0 Å². The van der Waals surface area contributed by atoms with Gasteiger partial charge in [-0.3, -0.25) is 0 Å². The molecule has 0 amide bonds. The van der Waals surface area contributed by atoms with E-state index in [1.165, 1.54) is 6.07 Å². The Morgan fingerprint density at radius 2 is 2.20 bits per heavy atom. The molecule has 2 rings (SSSR count). The fraction of sp³-hybridized carbons (Fsp3) is 0.125. The van der Waals surface area contributed by atoms with Crippen LogP contribution in [0.1, 0.15) is 5.89 Å². The molecular formula is C8H5BrClNO3S. The summed E-state index contributed by atoms with van der Waals surface area (Å²) in [5, 5.41) is 0.420. The maximum absolute atomic E-state index is 11.2. The Labute approximate surface area is 98.8 Å². The Balaban J connectivity index is 2.81.